The quantitative estimate of drug-likeness (QED) is 0.695. The van der Waals surface area contributed by atoms with E-state index in [-0.39, 0.29) is 5.78 Å². The van der Waals surface area contributed by atoms with E-state index in [9.17, 15) is 4.79 Å². The van der Waals surface area contributed by atoms with Gasteiger partial charge in [0.05, 0.1) is 0 Å². The number of nitrogens with zero attached hydrogens (tertiary/aromatic N) is 1. The van der Waals surface area contributed by atoms with Gasteiger partial charge in [0.25, 0.3) is 0 Å². The Morgan fingerprint density at radius 3 is 2.41 bits per heavy atom. The molecular formula is C14H21NOS. The van der Waals surface area contributed by atoms with Crippen LogP contribution in [0.5, 0.6) is 0 Å². The van der Waals surface area contributed by atoms with Gasteiger partial charge in [-0.3, -0.25) is 4.79 Å². The molecule has 3 heteroatoms. The summed E-state index contributed by atoms with van der Waals surface area (Å²) >= 11 is 1.77. The van der Waals surface area contributed by atoms with Gasteiger partial charge in [-0.05, 0) is 44.3 Å². The molecule has 0 bridgehead atoms. The summed E-state index contributed by atoms with van der Waals surface area (Å²) in [4.78, 5) is 14.4. The van der Waals surface area contributed by atoms with Crippen LogP contribution in [0.1, 0.15) is 18.9 Å². The van der Waals surface area contributed by atoms with E-state index >= 15 is 0 Å². The summed E-state index contributed by atoms with van der Waals surface area (Å²) in [6.07, 6.45) is 3.79. The maximum absolute atomic E-state index is 10.9. The van der Waals surface area contributed by atoms with Crippen LogP contribution >= 0.6 is 11.8 Å². The molecule has 0 radical (unpaired) electrons. The molecule has 1 aromatic rings. The molecule has 0 N–H and O–H groups in total. The second-order valence-electron chi connectivity index (χ2n) is 4.35. The van der Waals surface area contributed by atoms with Crippen LogP contribution in [-0.2, 0) is 11.2 Å². The van der Waals surface area contributed by atoms with Crippen LogP contribution in [0.25, 0.3) is 0 Å². The van der Waals surface area contributed by atoms with Crippen molar-refractivity contribution in [1.29, 1.82) is 0 Å². The Bertz CT molecular complexity index is 348. The third kappa shape index (κ3) is 5.89. The third-order valence-corrected chi connectivity index (χ3v) is 3.53. The molecule has 0 heterocycles. The molecule has 1 rings (SSSR count). The number of Topliss-reactive ketones (excluding diaryl/α,β-unsaturated/α-hetero) is 1. The van der Waals surface area contributed by atoms with Crippen molar-refractivity contribution in [3.8, 4) is 0 Å². The summed E-state index contributed by atoms with van der Waals surface area (Å²) in [7, 11) is 2.07. The van der Waals surface area contributed by atoms with Crippen molar-refractivity contribution in [1.82, 2.24) is 4.90 Å². The van der Waals surface area contributed by atoms with Gasteiger partial charge < -0.3 is 4.90 Å². The fourth-order valence-electron chi connectivity index (χ4n) is 1.57. The summed E-state index contributed by atoms with van der Waals surface area (Å²) in [6.45, 7) is 3.51. The number of carbonyl (C=O) groups is 1. The number of thioether (sulfide) groups is 1. The van der Waals surface area contributed by atoms with Gasteiger partial charge >= 0.3 is 0 Å². The summed E-state index contributed by atoms with van der Waals surface area (Å²) in [5, 5.41) is 0. The minimum absolute atomic E-state index is 0.265. The van der Waals surface area contributed by atoms with Gasteiger partial charge in [0.2, 0.25) is 0 Å². The fourth-order valence-corrected chi connectivity index (χ4v) is 1.98. The number of benzene rings is 1. The summed E-state index contributed by atoms with van der Waals surface area (Å²) in [5.74, 6) is 0.265. The molecule has 0 amide bonds. The highest BCUT2D eigenvalue weighted by atomic mass is 32.2. The van der Waals surface area contributed by atoms with Crippen molar-refractivity contribution in [3.63, 3.8) is 0 Å². The van der Waals surface area contributed by atoms with Gasteiger partial charge in [0.1, 0.15) is 5.78 Å². The first-order valence-corrected chi connectivity index (χ1v) is 7.15. The Morgan fingerprint density at radius 2 is 1.88 bits per heavy atom. The highest BCUT2D eigenvalue weighted by Crippen LogP contribution is 2.15. The van der Waals surface area contributed by atoms with Gasteiger partial charge in [0, 0.05) is 24.4 Å². The highest BCUT2D eigenvalue weighted by molar-refractivity contribution is 7.98. The zero-order valence-corrected chi connectivity index (χ0v) is 11.7. The lowest BCUT2D eigenvalue weighted by Crippen LogP contribution is -2.23. The summed E-state index contributed by atoms with van der Waals surface area (Å²) in [5.41, 5.74) is 1.36. The monoisotopic (exact) mass is 251 g/mol. The van der Waals surface area contributed by atoms with Crippen molar-refractivity contribution in [2.24, 2.45) is 0 Å². The van der Waals surface area contributed by atoms with Crippen molar-refractivity contribution in [2.75, 3.05) is 26.4 Å². The molecular weight excluding hydrogens is 230 g/mol. The van der Waals surface area contributed by atoms with E-state index < -0.39 is 0 Å². The zero-order chi connectivity index (χ0) is 12.7. The molecule has 0 unspecified atom stereocenters. The number of hydrogen-bond donors (Lipinski definition) is 0. The van der Waals surface area contributed by atoms with Crippen LogP contribution in [0, 0.1) is 0 Å². The molecule has 0 fully saturated rings. The normalized spacial score (nSPS) is 10.8. The van der Waals surface area contributed by atoms with Gasteiger partial charge in [-0.1, -0.05) is 12.1 Å². The lowest BCUT2D eigenvalue weighted by molar-refractivity contribution is -0.117. The molecule has 1 aromatic carbocycles. The molecule has 0 aliphatic rings. The average molecular weight is 251 g/mol. The van der Waals surface area contributed by atoms with Crippen LogP contribution in [0.2, 0.25) is 0 Å². The van der Waals surface area contributed by atoms with Crippen LogP contribution in [0.4, 0.5) is 0 Å². The number of ketones is 1. The Kier molecular flexibility index (Phi) is 6.30. The van der Waals surface area contributed by atoms with E-state index in [1.165, 1.54) is 10.5 Å². The Balaban J connectivity index is 2.31. The van der Waals surface area contributed by atoms with E-state index in [1.54, 1.807) is 18.7 Å². The largest absolute Gasteiger partial charge is 0.306 e. The first-order valence-electron chi connectivity index (χ1n) is 5.92. The second-order valence-corrected chi connectivity index (χ2v) is 5.23. The SMILES string of the molecule is CSc1ccc(CCN(C)CCC(C)=O)cc1. The molecule has 94 valence electrons. The van der Waals surface area contributed by atoms with Crippen LogP contribution in [0.3, 0.4) is 0 Å². The van der Waals surface area contributed by atoms with E-state index in [0.717, 1.165) is 19.5 Å². The minimum Gasteiger partial charge on any atom is -0.306 e. The van der Waals surface area contributed by atoms with E-state index in [2.05, 4.69) is 42.5 Å². The van der Waals surface area contributed by atoms with Gasteiger partial charge in [-0.15, -0.1) is 11.8 Å². The summed E-state index contributed by atoms with van der Waals surface area (Å²) in [6, 6.07) is 8.69. The second kappa shape index (κ2) is 7.51. The summed E-state index contributed by atoms with van der Waals surface area (Å²) < 4.78 is 0. The molecule has 0 aliphatic heterocycles. The van der Waals surface area contributed by atoms with Crippen molar-refractivity contribution < 1.29 is 4.79 Å². The Labute approximate surface area is 108 Å². The predicted octanol–water partition coefficient (Wildman–Crippen LogP) is 2.86. The van der Waals surface area contributed by atoms with Gasteiger partial charge in [-0.2, -0.15) is 0 Å². The first kappa shape index (κ1) is 14.3. The number of hydrogen-bond acceptors (Lipinski definition) is 3. The van der Waals surface area contributed by atoms with Crippen molar-refractivity contribution in [3.05, 3.63) is 29.8 Å². The minimum atomic E-state index is 0.265. The smallest absolute Gasteiger partial charge is 0.131 e. The standard InChI is InChI=1S/C14H21NOS/c1-12(16)8-10-15(2)11-9-13-4-6-14(17-3)7-5-13/h4-7H,8-11H2,1-3H3. The van der Waals surface area contributed by atoms with Gasteiger partial charge in [-0.25, -0.2) is 0 Å². The van der Waals surface area contributed by atoms with E-state index in [1.807, 2.05) is 0 Å². The van der Waals surface area contributed by atoms with Crippen LogP contribution < -0.4 is 0 Å². The predicted molar refractivity (Wildman–Crippen MR) is 74.7 cm³/mol. The molecule has 0 aliphatic carbocycles. The van der Waals surface area contributed by atoms with Gasteiger partial charge in [0.15, 0.2) is 0 Å². The first-order chi connectivity index (χ1) is 8.11. The number of likely N-dealkylation sites (N-methyl/N-ethyl adjacent to an activating group) is 1. The maximum atomic E-state index is 10.9. The number of rotatable bonds is 7. The Hall–Kier alpha value is -0.800. The van der Waals surface area contributed by atoms with Crippen LogP contribution in [-0.4, -0.2) is 37.1 Å². The molecule has 2 nitrogen and oxygen atoms in total. The Morgan fingerprint density at radius 1 is 1.24 bits per heavy atom. The maximum Gasteiger partial charge on any atom is 0.131 e. The molecule has 0 saturated heterocycles. The molecule has 0 saturated carbocycles. The van der Waals surface area contributed by atoms with Crippen molar-refractivity contribution in [2.45, 2.75) is 24.7 Å². The lowest BCUT2D eigenvalue weighted by atomic mass is 10.1. The zero-order valence-electron chi connectivity index (χ0n) is 10.9. The highest BCUT2D eigenvalue weighted by Gasteiger charge is 2.01. The average Bonchev–Trinajstić information content (AvgIpc) is 2.34. The van der Waals surface area contributed by atoms with E-state index in [4.69, 9.17) is 0 Å². The fraction of sp³-hybridized carbons (Fsp3) is 0.500. The lowest BCUT2D eigenvalue weighted by Gasteiger charge is -2.15. The van der Waals surface area contributed by atoms with Crippen LogP contribution in [0.15, 0.2) is 29.2 Å². The van der Waals surface area contributed by atoms with E-state index in [0.29, 0.717) is 6.42 Å². The molecule has 17 heavy (non-hydrogen) atoms. The molecule has 0 atom stereocenters. The third-order valence-electron chi connectivity index (χ3n) is 2.79. The number of carbonyl (C=O) groups excluding carboxylic acids is 1. The topological polar surface area (TPSA) is 20.3 Å². The van der Waals surface area contributed by atoms with Crippen molar-refractivity contribution >= 4 is 17.5 Å². The molecule has 0 spiro atoms. The molecule has 0 aromatic heterocycles.